The number of hydrogen-bond acceptors (Lipinski definition) is 4. The molecule has 108 valence electrons. The van der Waals surface area contributed by atoms with Crippen LogP contribution in [0, 0.1) is 0 Å². The average Bonchev–Trinajstić information content (AvgIpc) is 2.50. The summed E-state index contributed by atoms with van der Waals surface area (Å²) in [7, 11) is 0. The van der Waals surface area contributed by atoms with Crippen molar-refractivity contribution in [3.8, 4) is 5.75 Å². The molecule has 1 N–H and O–H groups in total. The highest BCUT2D eigenvalue weighted by atomic mass is 16.5. The van der Waals surface area contributed by atoms with Crippen molar-refractivity contribution >= 4 is 17.4 Å². The summed E-state index contributed by atoms with van der Waals surface area (Å²) >= 11 is 0. The van der Waals surface area contributed by atoms with E-state index in [-0.39, 0.29) is 11.7 Å². The fraction of sp³-hybridized carbons (Fsp3) is 0.188. The molecule has 2 rings (SSSR count). The van der Waals surface area contributed by atoms with Gasteiger partial charge < -0.3 is 10.1 Å². The van der Waals surface area contributed by atoms with Gasteiger partial charge in [-0.15, -0.1) is 0 Å². The van der Waals surface area contributed by atoms with Crippen molar-refractivity contribution in [2.24, 2.45) is 0 Å². The summed E-state index contributed by atoms with van der Waals surface area (Å²) in [6.45, 7) is 3.80. The van der Waals surface area contributed by atoms with Gasteiger partial charge in [-0.3, -0.25) is 14.6 Å². The SMILES string of the molecule is CCOc1ccc(C(C)=O)cc1NC(=O)c1ccncc1. The van der Waals surface area contributed by atoms with Crippen molar-refractivity contribution in [1.29, 1.82) is 0 Å². The number of anilines is 1. The summed E-state index contributed by atoms with van der Waals surface area (Å²) in [6.07, 6.45) is 3.09. The van der Waals surface area contributed by atoms with Gasteiger partial charge in [-0.2, -0.15) is 0 Å². The number of pyridine rings is 1. The van der Waals surface area contributed by atoms with Gasteiger partial charge in [-0.25, -0.2) is 0 Å². The molecule has 0 unspecified atom stereocenters. The smallest absolute Gasteiger partial charge is 0.255 e. The van der Waals surface area contributed by atoms with Crippen LogP contribution in [0.3, 0.4) is 0 Å². The topological polar surface area (TPSA) is 68.3 Å². The van der Waals surface area contributed by atoms with E-state index in [1.165, 1.54) is 6.92 Å². The van der Waals surface area contributed by atoms with Gasteiger partial charge in [0.1, 0.15) is 5.75 Å². The van der Waals surface area contributed by atoms with Gasteiger partial charge in [-0.1, -0.05) is 0 Å². The number of nitrogens with one attached hydrogen (secondary N) is 1. The lowest BCUT2D eigenvalue weighted by molar-refractivity contribution is 0.101. The number of amides is 1. The van der Waals surface area contributed by atoms with Crippen LogP contribution in [-0.2, 0) is 0 Å². The van der Waals surface area contributed by atoms with Crippen molar-refractivity contribution in [3.05, 3.63) is 53.9 Å². The number of ether oxygens (including phenoxy) is 1. The average molecular weight is 284 g/mol. The lowest BCUT2D eigenvalue weighted by atomic mass is 10.1. The van der Waals surface area contributed by atoms with Crippen molar-refractivity contribution in [3.63, 3.8) is 0 Å². The Morgan fingerprint density at radius 2 is 1.86 bits per heavy atom. The molecule has 0 spiro atoms. The molecule has 0 aliphatic carbocycles. The van der Waals surface area contributed by atoms with Gasteiger partial charge in [0.05, 0.1) is 12.3 Å². The summed E-state index contributed by atoms with van der Waals surface area (Å²) < 4.78 is 5.47. The number of hydrogen-bond donors (Lipinski definition) is 1. The lowest BCUT2D eigenvalue weighted by Crippen LogP contribution is -2.13. The maximum atomic E-state index is 12.2. The first-order chi connectivity index (χ1) is 10.1. The van der Waals surface area contributed by atoms with Crippen LogP contribution in [0.25, 0.3) is 0 Å². The van der Waals surface area contributed by atoms with Crippen LogP contribution in [0.5, 0.6) is 5.75 Å². The van der Waals surface area contributed by atoms with E-state index >= 15 is 0 Å². The highest BCUT2D eigenvalue weighted by molar-refractivity contribution is 6.06. The summed E-state index contributed by atoms with van der Waals surface area (Å²) in [5, 5.41) is 2.76. The minimum absolute atomic E-state index is 0.0718. The predicted octanol–water partition coefficient (Wildman–Crippen LogP) is 2.94. The van der Waals surface area contributed by atoms with Gasteiger partial charge in [0.25, 0.3) is 5.91 Å². The van der Waals surface area contributed by atoms with Crippen LogP contribution in [0.1, 0.15) is 34.6 Å². The number of carbonyl (C=O) groups is 2. The molecule has 2 aromatic rings. The quantitative estimate of drug-likeness (QED) is 0.857. The van der Waals surface area contributed by atoms with Gasteiger partial charge in [0.15, 0.2) is 5.78 Å². The van der Waals surface area contributed by atoms with Crippen molar-refractivity contribution in [2.75, 3.05) is 11.9 Å². The molecule has 21 heavy (non-hydrogen) atoms. The van der Waals surface area contributed by atoms with Crippen LogP contribution in [0.2, 0.25) is 0 Å². The molecule has 0 saturated carbocycles. The van der Waals surface area contributed by atoms with Gasteiger partial charge in [0.2, 0.25) is 0 Å². The second-order valence-electron chi connectivity index (χ2n) is 4.39. The molecule has 0 atom stereocenters. The summed E-state index contributed by atoms with van der Waals surface area (Å²) in [6, 6.07) is 8.21. The molecular formula is C16H16N2O3. The second kappa shape index (κ2) is 6.65. The van der Waals surface area contributed by atoms with E-state index < -0.39 is 0 Å². The molecule has 0 radical (unpaired) electrons. The minimum Gasteiger partial charge on any atom is -0.492 e. The third-order valence-corrected chi connectivity index (χ3v) is 2.88. The first kappa shape index (κ1) is 14.7. The predicted molar refractivity (Wildman–Crippen MR) is 79.8 cm³/mol. The molecule has 0 bridgehead atoms. The molecule has 1 heterocycles. The molecule has 1 aromatic carbocycles. The minimum atomic E-state index is -0.279. The first-order valence-electron chi connectivity index (χ1n) is 6.61. The van der Waals surface area contributed by atoms with Gasteiger partial charge in [-0.05, 0) is 44.2 Å². The number of ketones is 1. The third-order valence-electron chi connectivity index (χ3n) is 2.88. The molecule has 5 nitrogen and oxygen atoms in total. The van der Waals surface area contributed by atoms with E-state index in [4.69, 9.17) is 4.74 Å². The Morgan fingerprint density at radius 3 is 2.48 bits per heavy atom. The molecular weight excluding hydrogens is 268 g/mol. The third kappa shape index (κ3) is 3.66. The Balaban J connectivity index is 2.30. The zero-order chi connectivity index (χ0) is 15.2. The van der Waals surface area contributed by atoms with Crippen LogP contribution in [-0.4, -0.2) is 23.3 Å². The van der Waals surface area contributed by atoms with Gasteiger partial charge in [0, 0.05) is 23.5 Å². The van der Waals surface area contributed by atoms with Crippen LogP contribution >= 0.6 is 0 Å². The largest absolute Gasteiger partial charge is 0.492 e. The van der Waals surface area contributed by atoms with Crippen LogP contribution < -0.4 is 10.1 Å². The zero-order valence-electron chi connectivity index (χ0n) is 11.9. The van der Waals surface area contributed by atoms with Crippen LogP contribution in [0.15, 0.2) is 42.7 Å². The summed E-state index contributed by atoms with van der Waals surface area (Å²) in [4.78, 5) is 27.5. The molecule has 0 aliphatic rings. The van der Waals surface area contributed by atoms with Crippen molar-refractivity contribution in [2.45, 2.75) is 13.8 Å². The Kier molecular flexibility index (Phi) is 4.66. The highest BCUT2D eigenvalue weighted by Crippen LogP contribution is 2.26. The number of nitrogens with zero attached hydrogens (tertiary/aromatic N) is 1. The van der Waals surface area contributed by atoms with E-state index in [0.717, 1.165) is 0 Å². The second-order valence-corrected chi connectivity index (χ2v) is 4.39. The molecule has 0 aliphatic heterocycles. The Hall–Kier alpha value is -2.69. The Bertz CT molecular complexity index is 654. The molecule has 0 fully saturated rings. The van der Waals surface area contributed by atoms with Gasteiger partial charge >= 0.3 is 0 Å². The number of aromatic nitrogens is 1. The first-order valence-corrected chi connectivity index (χ1v) is 6.61. The molecule has 1 amide bonds. The lowest BCUT2D eigenvalue weighted by Gasteiger charge is -2.12. The van der Waals surface area contributed by atoms with Crippen molar-refractivity contribution < 1.29 is 14.3 Å². The maximum absolute atomic E-state index is 12.2. The van der Waals surface area contributed by atoms with E-state index in [0.29, 0.717) is 29.2 Å². The van der Waals surface area contributed by atoms with E-state index in [9.17, 15) is 9.59 Å². The van der Waals surface area contributed by atoms with Crippen LogP contribution in [0.4, 0.5) is 5.69 Å². The Labute approximate surface area is 123 Å². The summed E-state index contributed by atoms with van der Waals surface area (Å²) in [5.41, 5.74) is 1.48. The highest BCUT2D eigenvalue weighted by Gasteiger charge is 2.12. The molecule has 5 heteroatoms. The number of carbonyl (C=O) groups excluding carboxylic acids is 2. The maximum Gasteiger partial charge on any atom is 0.255 e. The van der Waals surface area contributed by atoms with E-state index in [1.54, 1.807) is 42.7 Å². The fourth-order valence-corrected chi connectivity index (χ4v) is 1.83. The number of rotatable bonds is 5. The standard InChI is InChI=1S/C16H16N2O3/c1-3-21-15-5-4-13(11(2)19)10-14(15)18-16(20)12-6-8-17-9-7-12/h4-10H,3H2,1-2H3,(H,18,20). The summed E-state index contributed by atoms with van der Waals surface area (Å²) in [5.74, 6) is 0.182. The zero-order valence-corrected chi connectivity index (χ0v) is 11.9. The normalized spacial score (nSPS) is 10.0. The molecule has 1 aromatic heterocycles. The number of benzene rings is 1. The fourth-order valence-electron chi connectivity index (χ4n) is 1.83. The Morgan fingerprint density at radius 1 is 1.14 bits per heavy atom. The molecule has 0 saturated heterocycles. The number of Topliss-reactive ketones (excluding diaryl/α,β-unsaturated/α-hetero) is 1. The van der Waals surface area contributed by atoms with Crippen molar-refractivity contribution in [1.82, 2.24) is 4.98 Å². The van der Waals surface area contributed by atoms with E-state index in [2.05, 4.69) is 10.3 Å². The van der Waals surface area contributed by atoms with E-state index in [1.807, 2.05) is 6.92 Å². The monoisotopic (exact) mass is 284 g/mol.